The molecule has 1 aromatic carbocycles. The highest BCUT2D eigenvalue weighted by atomic mass is 16.2. The molecule has 1 N–H and O–H groups in total. The highest BCUT2D eigenvalue weighted by Gasteiger charge is 2.38. The SMILES string of the molecule is CCN(CC)c1ccc(NC(=O)C2CC2C)cc1. The van der Waals surface area contributed by atoms with Gasteiger partial charge in [0.1, 0.15) is 0 Å². The molecule has 0 aliphatic heterocycles. The molecule has 0 aromatic heterocycles. The molecule has 1 saturated carbocycles. The van der Waals surface area contributed by atoms with Gasteiger partial charge in [0, 0.05) is 30.4 Å². The zero-order valence-electron chi connectivity index (χ0n) is 11.4. The summed E-state index contributed by atoms with van der Waals surface area (Å²) in [7, 11) is 0. The molecule has 0 heterocycles. The van der Waals surface area contributed by atoms with E-state index in [1.165, 1.54) is 5.69 Å². The van der Waals surface area contributed by atoms with Crippen LogP contribution in [0.2, 0.25) is 0 Å². The summed E-state index contributed by atoms with van der Waals surface area (Å²) in [6.45, 7) is 8.42. The Kier molecular flexibility index (Phi) is 3.90. The van der Waals surface area contributed by atoms with Crippen LogP contribution in [0.15, 0.2) is 24.3 Å². The van der Waals surface area contributed by atoms with E-state index < -0.39 is 0 Å². The summed E-state index contributed by atoms with van der Waals surface area (Å²) in [6, 6.07) is 8.11. The van der Waals surface area contributed by atoms with E-state index in [1.807, 2.05) is 12.1 Å². The molecule has 1 aliphatic carbocycles. The third-order valence-electron chi connectivity index (χ3n) is 3.71. The minimum Gasteiger partial charge on any atom is -0.372 e. The van der Waals surface area contributed by atoms with Crippen LogP contribution in [0, 0.1) is 11.8 Å². The van der Waals surface area contributed by atoms with Crippen LogP contribution < -0.4 is 10.2 Å². The van der Waals surface area contributed by atoms with Crippen LogP contribution in [-0.4, -0.2) is 19.0 Å². The molecule has 2 atom stereocenters. The van der Waals surface area contributed by atoms with Gasteiger partial charge in [-0.2, -0.15) is 0 Å². The van der Waals surface area contributed by atoms with Gasteiger partial charge in [-0.15, -0.1) is 0 Å². The van der Waals surface area contributed by atoms with Gasteiger partial charge < -0.3 is 10.2 Å². The molecule has 0 radical (unpaired) electrons. The quantitative estimate of drug-likeness (QED) is 0.865. The second kappa shape index (κ2) is 5.42. The van der Waals surface area contributed by atoms with Crippen molar-refractivity contribution in [2.45, 2.75) is 27.2 Å². The molecular weight excluding hydrogens is 224 g/mol. The van der Waals surface area contributed by atoms with E-state index in [-0.39, 0.29) is 11.8 Å². The lowest BCUT2D eigenvalue weighted by Crippen LogP contribution is -2.21. The van der Waals surface area contributed by atoms with Crippen molar-refractivity contribution >= 4 is 17.3 Å². The van der Waals surface area contributed by atoms with E-state index in [0.29, 0.717) is 5.92 Å². The number of anilines is 2. The Bertz CT molecular complexity index is 409. The number of hydrogen-bond acceptors (Lipinski definition) is 2. The van der Waals surface area contributed by atoms with Gasteiger partial charge >= 0.3 is 0 Å². The number of hydrogen-bond donors (Lipinski definition) is 1. The number of nitrogens with zero attached hydrogens (tertiary/aromatic N) is 1. The van der Waals surface area contributed by atoms with Crippen molar-refractivity contribution in [3.8, 4) is 0 Å². The molecule has 2 rings (SSSR count). The molecule has 3 nitrogen and oxygen atoms in total. The van der Waals surface area contributed by atoms with E-state index in [4.69, 9.17) is 0 Å². The van der Waals surface area contributed by atoms with Crippen molar-refractivity contribution in [3.05, 3.63) is 24.3 Å². The maximum Gasteiger partial charge on any atom is 0.227 e. The molecule has 1 aromatic rings. The van der Waals surface area contributed by atoms with Crippen molar-refractivity contribution in [2.24, 2.45) is 11.8 Å². The third-order valence-corrected chi connectivity index (χ3v) is 3.71. The summed E-state index contributed by atoms with van der Waals surface area (Å²) in [5.41, 5.74) is 2.10. The van der Waals surface area contributed by atoms with Gasteiger partial charge in [0.05, 0.1) is 0 Å². The van der Waals surface area contributed by atoms with Crippen LogP contribution in [0.25, 0.3) is 0 Å². The molecular formula is C15H22N2O. The van der Waals surface area contributed by atoms with Crippen LogP contribution >= 0.6 is 0 Å². The Morgan fingerprint density at radius 3 is 2.28 bits per heavy atom. The Balaban J connectivity index is 1.97. The molecule has 1 fully saturated rings. The minimum atomic E-state index is 0.165. The molecule has 2 unspecified atom stereocenters. The van der Waals surface area contributed by atoms with Gasteiger partial charge in [0.25, 0.3) is 0 Å². The van der Waals surface area contributed by atoms with E-state index in [9.17, 15) is 4.79 Å². The number of nitrogens with one attached hydrogen (secondary N) is 1. The molecule has 98 valence electrons. The van der Waals surface area contributed by atoms with E-state index >= 15 is 0 Å². The first-order chi connectivity index (χ1) is 8.65. The zero-order chi connectivity index (χ0) is 13.1. The predicted molar refractivity (Wildman–Crippen MR) is 75.9 cm³/mol. The highest BCUT2D eigenvalue weighted by Crippen LogP contribution is 2.38. The van der Waals surface area contributed by atoms with Crippen LogP contribution in [0.3, 0.4) is 0 Å². The first-order valence-corrected chi connectivity index (χ1v) is 6.81. The third kappa shape index (κ3) is 2.84. The molecule has 0 saturated heterocycles. The number of amides is 1. The summed E-state index contributed by atoms with van der Waals surface area (Å²) >= 11 is 0. The monoisotopic (exact) mass is 246 g/mol. The Labute approximate surface area is 109 Å². The Hall–Kier alpha value is -1.51. The second-order valence-corrected chi connectivity index (χ2v) is 5.03. The second-order valence-electron chi connectivity index (χ2n) is 5.03. The van der Waals surface area contributed by atoms with Crippen LogP contribution in [0.5, 0.6) is 0 Å². The summed E-state index contributed by atoms with van der Waals surface area (Å²) < 4.78 is 0. The molecule has 18 heavy (non-hydrogen) atoms. The topological polar surface area (TPSA) is 32.3 Å². The lowest BCUT2D eigenvalue weighted by molar-refractivity contribution is -0.117. The van der Waals surface area contributed by atoms with Crippen molar-refractivity contribution < 1.29 is 4.79 Å². The van der Waals surface area contributed by atoms with Gasteiger partial charge in [0.2, 0.25) is 5.91 Å². The normalized spacial score (nSPS) is 21.5. The fourth-order valence-electron chi connectivity index (χ4n) is 2.27. The zero-order valence-corrected chi connectivity index (χ0v) is 11.4. The largest absolute Gasteiger partial charge is 0.372 e. The van der Waals surface area contributed by atoms with E-state index in [2.05, 4.69) is 43.1 Å². The summed E-state index contributed by atoms with van der Waals surface area (Å²) in [6.07, 6.45) is 1.03. The van der Waals surface area contributed by atoms with Gasteiger partial charge in [-0.25, -0.2) is 0 Å². The average molecular weight is 246 g/mol. The number of carbonyl (C=O) groups is 1. The smallest absolute Gasteiger partial charge is 0.227 e. The maximum absolute atomic E-state index is 11.8. The first kappa shape index (κ1) is 12.9. The first-order valence-electron chi connectivity index (χ1n) is 6.81. The molecule has 0 spiro atoms. The lowest BCUT2D eigenvalue weighted by atomic mass is 10.2. The summed E-state index contributed by atoms with van der Waals surface area (Å²) in [5, 5.41) is 2.98. The molecule has 3 heteroatoms. The average Bonchev–Trinajstić information content (AvgIpc) is 3.10. The number of benzene rings is 1. The van der Waals surface area contributed by atoms with Crippen molar-refractivity contribution in [2.75, 3.05) is 23.3 Å². The molecule has 1 aliphatic rings. The van der Waals surface area contributed by atoms with E-state index in [1.54, 1.807) is 0 Å². The van der Waals surface area contributed by atoms with E-state index in [0.717, 1.165) is 25.2 Å². The van der Waals surface area contributed by atoms with Crippen molar-refractivity contribution in [1.29, 1.82) is 0 Å². The molecule has 0 bridgehead atoms. The number of rotatable bonds is 5. The van der Waals surface area contributed by atoms with Crippen molar-refractivity contribution in [1.82, 2.24) is 0 Å². The lowest BCUT2D eigenvalue weighted by Gasteiger charge is -2.21. The van der Waals surface area contributed by atoms with Gasteiger partial charge in [-0.05, 0) is 50.5 Å². The summed E-state index contributed by atoms with van der Waals surface area (Å²) in [5.74, 6) is 0.950. The van der Waals surface area contributed by atoms with Crippen LogP contribution in [0.4, 0.5) is 11.4 Å². The van der Waals surface area contributed by atoms with Gasteiger partial charge in [0.15, 0.2) is 0 Å². The fraction of sp³-hybridized carbons (Fsp3) is 0.533. The Morgan fingerprint density at radius 2 is 1.83 bits per heavy atom. The van der Waals surface area contributed by atoms with Gasteiger partial charge in [-0.3, -0.25) is 4.79 Å². The van der Waals surface area contributed by atoms with Gasteiger partial charge in [-0.1, -0.05) is 6.92 Å². The fourth-order valence-corrected chi connectivity index (χ4v) is 2.27. The summed E-state index contributed by atoms with van der Waals surface area (Å²) in [4.78, 5) is 14.1. The standard InChI is InChI=1S/C15H22N2O/c1-4-17(5-2)13-8-6-12(7-9-13)16-15(18)14-10-11(14)3/h6-9,11,14H,4-5,10H2,1-3H3,(H,16,18). The Morgan fingerprint density at radius 1 is 1.28 bits per heavy atom. The highest BCUT2D eigenvalue weighted by molar-refractivity contribution is 5.94. The minimum absolute atomic E-state index is 0.165. The van der Waals surface area contributed by atoms with Crippen LogP contribution in [-0.2, 0) is 4.79 Å². The van der Waals surface area contributed by atoms with Crippen LogP contribution in [0.1, 0.15) is 27.2 Å². The molecule has 1 amide bonds. The maximum atomic E-state index is 11.8. The predicted octanol–water partition coefficient (Wildman–Crippen LogP) is 3.13. The number of carbonyl (C=O) groups excluding carboxylic acids is 1. The van der Waals surface area contributed by atoms with Crippen molar-refractivity contribution in [3.63, 3.8) is 0 Å².